The van der Waals surface area contributed by atoms with Crippen LogP contribution < -0.4 is 0 Å². The molecule has 25 heavy (non-hydrogen) atoms. The van der Waals surface area contributed by atoms with Crippen LogP contribution in [0, 0.1) is 13.8 Å². The molecular formula is C19H22N6. The van der Waals surface area contributed by atoms with Crippen molar-refractivity contribution < 1.29 is 0 Å². The van der Waals surface area contributed by atoms with Gasteiger partial charge in [-0.2, -0.15) is 10.2 Å². The van der Waals surface area contributed by atoms with Gasteiger partial charge in [-0.25, -0.2) is 14.2 Å². The molecule has 5 heterocycles. The average molecular weight is 334 g/mol. The molecule has 0 N–H and O–H groups in total. The molecule has 0 spiro atoms. The molecule has 1 saturated heterocycles. The average Bonchev–Trinajstić information content (AvgIpc) is 3.23. The summed E-state index contributed by atoms with van der Waals surface area (Å²) in [5.74, 6) is 0. The van der Waals surface area contributed by atoms with Crippen molar-refractivity contribution in [3.05, 3.63) is 53.2 Å². The summed E-state index contributed by atoms with van der Waals surface area (Å²) >= 11 is 0. The molecule has 6 heteroatoms. The molecule has 5 rings (SSSR count). The van der Waals surface area contributed by atoms with Crippen LogP contribution in [0.1, 0.15) is 47.1 Å². The van der Waals surface area contributed by atoms with Crippen LogP contribution in [0.15, 0.2) is 25.0 Å². The quantitative estimate of drug-likeness (QED) is 0.739. The highest BCUT2D eigenvalue weighted by Crippen LogP contribution is 2.44. The molecule has 2 aliphatic heterocycles. The number of hydrogen-bond donors (Lipinski definition) is 0. The van der Waals surface area contributed by atoms with E-state index in [0.717, 1.165) is 24.3 Å². The van der Waals surface area contributed by atoms with E-state index in [-0.39, 0.29) is 0 Å². The molecule has 0 aliphatic carbocycles. The van der Waals surface area contributed by atoms with Crippen LogP contribution in [-0.4, -0.2) is 35.3 Å². The monoisotopic (exact) mass is 334 g/mol. The van der Waals surface area contributed by atoms with E-state index in [4.69, 9.17) is 0 Å². The Morgan fingerprint density at radius 1 is 1.28 bits per heavy atom. The van der Waals surface area contributed by atoms with E-state index in [1.165, 1.54) is 35.4 Å². The molecule has 2 atom stereocenters. The van der Waals surface area contributed by atoms with Gasteiger partial charge in [0, 0.05) is 60.3 Å². The number of aromatic nitrogens is 5. The number of fused-ring (bicyclic) bond motifs is 6. The summed E-state index contributed by atoms with van der Waals surface area (Å²) in [4.78, 5) is 7.28. The van der Waals surface area contributed by atoms with Crippen molar-refractivity contribution >= 4 is 11.8 Å². The molecule has 0 saturated carbocycles. The SMILES string of the molecule is C=Cn1ncc(CN2C3CCC2c2cnc4cc(C)nn4c2C3)c1C. The number of hydrogen-bond acceptors (Lipinski definition) is 4. The fourth-order valence-corrected chi connectivity index (χ4v) is 4.54. The maximum Gasteiger partial charge on any atom is 0.155 e. The second-order valence-corrected chi connectivity index (χ2v) is 7.22. The third-order valence-electron chi connectivity index (χ3n) is 5.84. The molecule has 1 fully saturated rings. The van der Waals surface area contributed by atoms with E-state index in [1.807, 2.05) is 17.8 Å². The van der Waals surface area contributed by atoms with Gasteiger partial charge in [0.2, 0.25) is 0 Å². The van der Waals surface area contributed by atoms with Crippen molar-refractivity contribution in [3.8, 4) is 0 Å². The lowest BCUT2D eigenvalue weighted by molar-refractivity contribution is 0.165. The van der Waals surface area contributed by atoms with Crippen LogP contribution in [0.4, 0.5) is 0 Å². The van der Waals surface area contributed by atoms with E-state index in [2.05, 4.69) is 50.4 Å². The molecule has 0 radical (unpaired) electrons. The van der Waals surface area contributed by atoms with Gasteiger partial charge in [0.25, 0.3) is 0 Å². The maximum absolute atomic E-state index is 4.67. The van der Waals surface area contributed by atoms with Gasteiger partial charge in [-0.15, -0.1) is 0 Å². The van der Waals surface area contributed by atoms with Crippen LogP contribution >= 0.6 is 0 Å². The van der Waals surface area contributed by atoms with Crippen LogP contribution in [-0.2, 0) is 13.0 Å². The maximum atomic E-state index is 4.67. The Morgan fingerprint density at radius 3 is 2.96 bits per heavy atom. The van der Waals surface area contributed by atoms with Crippen molar-refractivity contribution in [1.29, 1.82) is 0 Å². The number of aryl methyl sites for hydroxylation is 1. The summed E-state index contributed by atoms with van der Waals surface area (Å²) in [6, 6.07) is 3.06. The second kappa shape index (κ2) is 5.26. The third kappa shape index (κ3) is 2.10. The Kier molecular flexibility index (Phi) is 3.12. The minimum absolute atomic E-state index is 0.432. The molecule has 2 unspecified atom stereocenters. The highest BCUT2D eigenvalue weighted by Gasteiger charge is 2.41. The van der Waals surface area contributed by atoms with E-state index in [0.29, 0.717) is 12.1 Å². The molecule has 0 aromatic carbocycles. The van der Waals surface area contributed by atoms with Gasteiger partial charge < -0.3 is 0 Å². The second-order valence-electron chi connectivity index (χ2n) is 7.22. The topological polar surface area (TPSA) is 51.2 Å². The van der Waals surface area contributed by atoms with E-state index >= 15 is 0 Å². The summed E-state index contributed by atoms with van der Waals surface area (Å²) in [7, 11) is 0. The van der Waals surface area contributed by atoms with Crippen LogP contribution in [0.2, 0.25) is 0 Å². The normalized spacial score (nSPS) is 22.5. The molecule has 128 valence electrons. The molecule has 0 amide bonds. The van der Waals surface area contributed by atoms with E-state index < -0.39 is 0 Å². The van der Waals surface area contributed by atoms with Crippen molar-refractivity contribution in [2.24, 2.45) is 0 Å². The first-order chi connectivity index (χ1) is 12.2. The van der Waals surface area contributed by atoms with Gasteiger partial charge in [0.05, 0.1) is 17.6 Å². The van der Waals surface area contributed by atoms with Crippen molar-refractivity contribution in [1.82, 2.24) is 29.3 Å². The molecule has 2 bridgehead atoms. The molecule has 3 aromatic heterocycles. The first-order valence-corrected chi connectivity index (χ1v) is 8.91. The van der Waals surface area contributed by atoms with Gasteiger partial charge in [-0.05, 0) is 26.7 Å². The largest absolute Gasteiger partial charge is 0.288 e. The van der Waals surface area contributed by atoms with E-state index in [1.54, 1.807) is 6.20 Å². The molecule has 6 nitrogen and oxygen atoms in total. The lowest BCUT2D eigenvalue weighted by Gasteiger charge is -2.36. The fraction of sp³-hybridized carbons (Fsp3) is 0.421. The third-order valence-corrected chi connectivity index (χ3v) is 5.84. The smallest absolute Gasteiger partial charge is 0.155 e. The Balaban J connectivity index is 1.54. The van der Waals surface area contributed by atoms with Crippen LogP contribution in [0.3, 0.4) is 0 Å². The first kappa shape index (κ1) is 14.8. The van der Waals surface area contributed by atoms with Gasteiger partial charge in [0.15, 0.2) is 5.65 Å². The van der Waals surface area contributed by atoms with Crippen molar-refractivity contribution in [2.45, 2.75) is 51.7 Å². The van der Waals surface area contributed by atoms with Crippen LogP contribution in [0.25, 0.3) is 11.8 Å². The summed E-state index contributed by atoms with van der Waals surface area (Å²) in [5.41, 5.74) is 7.15. The standard InChI is InChI=1S/C19H22N6/c1-4-24-13(3)14(9-21-24)11-23-15-5-6-17(23)16-10-20-19-7-12(2)22-25(19)18(16)8-15/h4,7,9-10,15,17H,1,5-6,8,11H2,2-3H3. The molecule has 2 aliphatic rings. The number of rotatable bonds is 3. The first-order valence-electron chi connectivity index (χ1n) is 8.91. The van der Waals surface area contributed by atoms with Gasteiger partial charge >= 0.3 is 0 Å². The summed E-state index contributed by atoms with van der Waals surface area (Å²) < 4.78 is 3.92. The minimum atomic E-state index is 0.432. The van der Waals surface area contributed by atoms with E-state index in [9.17, 15) is 0 Å². The lowest BCUT2D eigenvalue weighted by atomic mass is 9.98. The summed E-state index contributed by atoms with van der Waals surface area (Å²) in [6.45, 7) is 8.90. The zero-order chi connectivity index (χ0) is 17.1. The predicted octanol–water partition coefficient (Wildman–Crippen LogP) is 2.90. The minimum Gasteiger partial charge on any atom is -0.288 e. The zero-order valence-corrected chi connectivity index (χ0v) is 14.7. The molecule has 3 aromatic rings. The van der Waals surface area contributed by atoms with Gasteiger partial charge in [-0.3, -0.25) is 4.90 Å². The highest BCUT2D eigenvalue weighted by atomic mass is 15.3. The van der Waals surface area contributed by atoms with Gasteiger partial charge in [-0.1, -0.05) is 6.58 Å². The van der Waals surface area contributed by atoms with Crippen molar-refractivity contribution in [3.63, 3.8) is 0 Å². The van der Waals surface area contributed by atoms with Crippen LogP contribution in [0.5, 0.6) is 0 Å². The Bertz CT molecular complexity index is 981. The number of nitrogens with zero attached hydrogens (tertiary/aromatic N) is 6. The Labute approximate surface area is 146 Å². The summed E-state index contributed by atoms with van der Waals surface area (Å²) in [5, 5.41) is 9.08. The van der Waals surface area contributed by atoms with Gasteiger partial charge in [0.1, 0.15) is 0 Å². The Hall–Kier alpha value is -2.47. The fourth-order valence-electron chi connectivity index (χ4n) is 4.54. The zero-order valence-electron chi connectivity index (χ0n) is 14.7. The highest BCUT2D eigenvalue weighted by molar-refractivity contribution is 5.44. The lowest BCUT2D eigenvalue weighted by Crippen LogP contribution is -2.38. The predicted molar refractivity (Wildman–Crippen MR) is 96.1 cm³/mol. The Morgan fingerprint density at radius 2 is 2.16 bits per heavy atom. The molecular weight excluding hydrogens is 312 g/mol. The van der Waals surface area contributed by atoms with Crippen molar-refractivity contribution in [2.75, 3.05) is 0 Å². The summed E-state index contributed by atoms with van der Waals surface area (Å²) in [6.07, 6.45) is 9.28.